The Morgan fingerprint density at radius 3 is 2.19 bits per heavy atom. The van der Waals surface area contributed by atoms with E-state index in [1.54, 1.807) is 0 Å². The molecule has 0 heterocycles. The van der Waals surface area contributed by atoms with Gasteiger partial charge < -0.3 is 0 Å². The van der Waals surface area contributed by atoms with E-state index in [0.29, 0.717) is 0 Å². The Kier molecular flexibility index (Phi) is 4.29. The second-order valence-electron chi connectivity index (χ2n) is 6.52. The maximum atomic E-state index is 2.80. The van der Waals surface area contributed by atoms with E-state index in [-0.39, 0.29) is 0 Å². The van der Waals surface area contributed by atoms with E-state index in [0.717, 1.165) is 23.9 Å². The van der Waals surface area contributed by atoms with Crippen molar-refractivity contribution < 1.29 is 0 Å². The van der Waals surface area contributed by atoms with Crippen LogP contribution < -0.4 is 0 Å². The van der Waals surface area contributed by atoms with Crippen molar-refractivity contribution in [1.29, 1.82) is 0 Å². The lowest BCUT2D eigenvalue weighted by Crippen LogP contribution is -2.49. The van der Waals surface area contributed by atoms with E-state index in [9.17, 15) is 0 Å². The van der Waals surface area contributed by atoms with Crippen LogP contribution in [0.5, 0.6) is 0 Å². The Morgan fingerprint density at radius 2 is 1.69 bits per heavy atom. The van der Waals surface area contributed by atoms with Crippen LogP contribution in [0.25, 0.3) is 0 Å². The number of hydrogen-bond donors (Lipinski definition) is 0. The Hall–Kier alpha value is -0.0400. The third-order valence-electron chi connectivity index (χ3n) is 4.67. The van der Waals surface area contributed by atoms with Gasteiger partial charge in [-0.1, -0.05) is 26.2 Å². The molecule has 2 fully saturated rings. The van der Waals surface area contributed by atoms with Crippen molar-refractivity contribution >= 4 is 0 Å². The summed E-state index contributed by atoms with van der Waals surface area (Å²) < 4.78 is 0. The van der Waals surface area contributed by atoms with Crippen molar-refractivity contribution in [2.45, 2.75) is 77.8 Å². The summed E-state index contributed by atoms with van der Waals surface area (Å²) >= 11 is 0. The van der Waals surface area contributed by atoms with Crippen molar-refractivity contribution in [1.82, 2.24) is 4.90 Å². The molecule has 2 rings (SSSR count). The molecule has 0 aromatic rings. The van der Waals surface area contributed by atoms with Gasteiger partial charge in [0.25, 0.3) is 0 Å². The molecule has 0 atom stereocenters. The molecule has 0 spiro atoms. The van der Waals surface area contributed by atoms with Crippen LogP contribution in [0.2, 0.25) is 0 Å². The molecule has 16 heavy (non-hydrogen) atoms. The van der Waals surface area contributed by atoms with Crippen molar-refractivity contribution in [2.75, 3.05) is 6.54 Å². The first-order valence-corrected chi connectivity index (χ1v) is 7.42. The summed E-state index contributed by atoms with van der Waals surface area (Å²) in [5.41, 5.74) is 0. The van der Waals surface area contributed by atoms with Crippen LogP contribution in [-0.4, -0.2) is 23.5 Å². The van der Waals surface area contributed by atoms with Crippen molar-refractivity contribution in [3.63, 3.8) is 0 Å². The monoisotopic (exact) mass is 223 g/mol. The van der Waals surface area contributed by atoms with Crippen LogP contribution in [0.3, 0.4) is 0 Å². The SMILES string of the molecule is CC(C)N(CC1CCCCC1)[C@H]1C[C@H](C)C1. The van der Waals surface area contributed by atoms with Gasteiger partial charge in [-0.05, 0) is 51.4 Å². The molecular formula is C15H29N. The first kappa shape index (κ1) is 12.4. The normalized spacial score (nSPS) is 32.1. The summed E-state index contributed by atoms with van der Waals surface area (Å²) in [4.78, 5) is 2.80. The molecule has 0 aromatic heterocycles. The predicted octanol–water partition coefficient (Wildman–Crippen LogP) is 4.08. The molecule has 0 amide bonds. The van der Waals surface area contributed by atoms with Crippen LogP contribution in [0.1, 0.15) is 65.7 Å². The fourth-order valence-corrected chi connectivity index (χ4v) is 3.58. The fraction of sp³-hybridized carbons (Fsp3) is 1.00. The second-order valence-corrected chi connectivity index (χ2v) is 6.52. The number of nitrogens with zero attached hydrogens (tertiary/aromatic N) is 1. The number of hydrogen-bond acceptors (Lipinski definition) is 1. The zero-order valence-corrected chi connectivity index (χ0v) is 11.4. The summed E-state index contributed by atoms with van der Waals surface area (Å²) in [5.74, 6) is 1.99. The van der Waals surface area contributed by atoms with E-state index < -0.39 is 0 Å². The molecule has 1 heteroatoms. The minimum atomic E-state index is 0.749. The molecule has 0 saturated heterocycles. The number of rotatable bonds is 4. The molecule has 94 valence electrons. The summed E-state index contributed by atoms with van der Waals surface area (Å²) in [6.45, 7) is 8.54. The first-order chi connectivity index (χ1) is 7.66. The lowest BCUT2D eigenvalue weighted by atomic mass is 9.79. The lowest BCUT2D eigenvalue weighted by Gasteiger charge is -2.45. The maximum absolute atomic E-state index is 2.80. The van der Waals surface area contributed by atoms with Crippen LogP contribution in [-0.2, 0) is 0 Å². The average molecular weight is 223 g/mol. The van der Waals surface area contributed by atoms with Gasteiger partial charge in [0.15, 0.2) is 0 Å². The van der Waals surface area contributed by atoms with Gasteiger partial charge in [-0.2, -0.15) is 0 Å². The van der Waals surface area contributed by atoms with Gasteiger partial charge in [0.2, 0.25) is 0 Å². The van der Waals surface area contributed by atoms with E-state index in [2.05, 4.69) is 25.7 Å². The Labute approximate surface area is 102 Å². The van der Waals surface area contributed by atoms with Crippen molar-refractivity contribution in [2.24, 2.45) is 11.8 Å². The molecule has 2 aliphatic carbocycles. The Morgan fingerprint density at radius 1 is 1.06 bits per heavy atom. The van der Waals surface area contributed by atoms with Crippen molar-refractivity contribution in [3.8, 4) is 0 Å². The van der Waals surface area contributed by atoms with Crippen LogP contribution in [0.4, 0.5) is 0 Å². The van der Waals surface area contributed by atoms with Crippen LogP contribution in [0, 0.1) is 11.8 Å². The highest BCUT2D eigenvalue weighted by Crippen LogP contribution is 2.34. The zero-order valence-electron chi connectivity index (χ0n) is 11.4. The molecule has 0 bridgehead atoms. The van der Waals surface area contributed by atoms with Crippen LogP contribution in [0.15, 0.2) is 0 Å². The molecule has 0 radical (unpaired) electrons. The summed E-state index contributed by atoms with van der Waals surface area (Å²) in [5, 5.41) is 0. The van der Waals surface area contributed by atoms with Crippen LogP contribution >= 0.6 is 0 Å². The molecule has 0 unspecified atom stereocenters. The third-order valence-corrected chi connectivity index (χ3v) is 4.67. The summed E-state index contributed by atoms with van der Waals surface area (Å²) in [7, 11) is 0. The molecule has 2 aliphatic rings. The maximum Gasteiger partial charge on any atom is 0.0103 e. The third kappa shape index (κ3) is 3.00. The van der Waals surface area contributed by atoms with Gasteiger partial charge in [-0.25, -0.2) is 0 Å². The predicted molar refractivity (Wildman–Crippen MR) is 70.6 cm³/mol. The minimum Gasteiger partial charge on any atom is -0.298 e. The second kappa shape index (κ2) is 5.53. The van der Waals surface area contributed by atoms with E-state index in [4.69, 9.17) is 0 Å². The van der Waals surface area contributed by atoms with Gasteiger partial charge in [0.1, 0.15) is 0 Å². The largest absolute Gasteiger partial charge is 0.298 e. The van der Waals surface area contributed by atoms with Gasteiger partial charge in [-0.15, -0.1) is 0 Å². The molecule has 1 nitrogen and oxygen atoms in total. The van der Waals surface area contributed by atoms with Gasteiger partial charge in [-0.3, -0.25) is 4.90 Å². The lowest BCUT2D eigenvalue weighted by molar-refractivity contribution is 0.0402. The molecule has 2 saturated carbocycles. The molecule has 0 N–H and O–H groups in total. The quantitative estimate of drug-likeness (QED) is 0.694. The van der Waals surface area contributed by atoms with E-state index in [1.807, 2.05) is 0 Å². The fourth-order valence-electron chi connectivity index (χ4n) is 3.58. The molecule has 0 aliphatic heterocycles. The van der Waals surface area contributed by atoms with Gasteiger partial charge >= 0.3 is 0 Å². The summed E-state index contributed by atoms with van der Waals surface area (Å²) in [6.07, 6.45) is 10.3. The zero-order chi connectivity index (χ0) is 11.5. The van der Waals surface area contributed by atoms with E-state index >= 15 is 0 Å². The topological polar surface area (TPSA) is 3.24 Å². The van der Waals surface area contributed by atoms with Crippen molar-refractivity contribution in [3.05, 3.63) is 0 Å². The standard InChI is InChI=1S/C15H29N/c1-12(2)16(15-9-13(3)10-15)11-14-7-5-4-6-8-14/h12-15H,4-11H2,1-3H3/t13-,15-. The van der Waals surface area contributed by atoms with Gasteiger partial charge in [0.05, 0.1) is 0 Å². The molecule has 0 aromatic carbocycles. The molecular weight excluding hydrogens is 194 g/mol. The van der Waals surface area contributed by atoms with Gasteiger partial charge in [0, 0.05) is 18.6 Å². The summed E-state index contributed by atoms with van der Waals surface area (Å²) in [6, 6.07) is 1.66. The first-order valence-electron chi connectivity index (χ1n) is 7.42. The average Bonchev–Trinajstić information content (AvgIpc) is 2.23. The smallest absolute Gasteiger partial charge is 0.0103 e. The van der Waals surface area contributed by atoms with E-state index in [1.165, 1.54) is 51.5 Å². The minimum absolute atomic E-state index is 0.749. The highest BCUT2D eigenvalue weighted by Gasteiger charge is 2.33. The Bertz CT molecular complexity index is 199. The Balaban J connectivity index is 1.82. The highest BCUT2D eigenvalue weighted by atomic mass is 15.2. The highest BCUT2D eigenvalue weighted by molar-refractivity contribution is 4.87.